The van der Waals surface area contributed by atoms with Gasteiger partial charge in [-0.25, -0.2) is 24.5 Å². The summed E-state index contributed by atoms with van der Waals surface area (Å²) in [4.78, 5) is 77.1. The number of carbonyl (C=O) groups is 4. The molecule has 4 N–H and O–H groups in total. The Hall–Kier alpha value is -6.25. The molecule has 0 aliphatic carbocycles. The normalized spacial score (nSPS) is 18.7. The Morgan fingerprint density at radius 2 is 1.46 bits per heavy atom. The van der Waals surface area contributed by atoms with Crippen LogP contribution in [0.4, 0.5) is 9.59 Å². The first-order valence-electron chi connectivity index (χ1n) is 20.5. The van der Waals surface area contributed by atoms with Crippen LogP contribution < -0.4 is 10.6 Å². The molecule has 6 atom stereocenters. The summed E-state index contributed by atoms with van der Waals surface area (Å²) in [6.45, 7) is 10.9. The van der Waals surface area contributed by atoms with Crippen LogP contribution in [0.1, 0.15) is 83.0 Å². The summed E-state index contributed by atoms with van der Waals surface area (Å²) in [6.07, 6.45) is 6.74. The molecule has 0 saturated carbocycles. The Bertz CT molecular complexity index is 2360. The third kappa shape index (κ3) is 8.36. The van der Waals surface area contributed by atoms with E-state index in [1.165, 1.54) is 14.2 Å². The van der Waals surface area contributed by atoms with Crippen LogP contribution in [0.25, 0.3) is 44.5 Å². The highest BCUT2D eigenvalue weighted by molar-refractivity contribution is 5.89. The number of likely N-dealkylation sites (tertiary alicyclic amines) is 2. The third-order valence-corrected chi connectivity index (χ3v) is 12.0. The number of methoxy groups -OCH3 is 2. The predicted molar refractivity (Wildman–Crippen MR) is 224 cm³/mol. The summed E-state index contributed by atoms with van der Waals surface area (Å²) >= 11 is 0. The number of alkyl carbamates (subject to hydrolysis) is 2. The molecule has 0 bridgehead atoms. The fourth-order valence-electron chi connectivity index (χ4n) is 8.39. The van der Waals surface area contributed by atoms with Crippen LogP contribution in [-0.2, 0) is 19.1 Å². The fourth-order valence-corrected chi connectivity index (χ4v) is 8.39. The van der Waals surface area contributed by atoms with E-state index in [9.17, 15) is 19.2 Å². The van der Waals surface area contributed by atoms with Crippen LogP contribution in [0.2, 0.25) is 0 Å². The maximum Gasteiger partial charge on any atom is 0.407 e. The van der Waals surface area contributed by atoms with Crippen LogP contribution in [0.5, 0.6) is 0 Å². The van der Waals surface area contributed by atoms with Gasteiger partial charge in [0.05, 0.1) is 60.4 Å². The molecule has 2 aliphatic heterocycles. The zero-order valence-electron chi connectivity index (χ0n) is 34.3. The summed E-state index contributed by atoms with van der Waals surface area (Å²) in [5.41, 5.74) is 5.97. The van der Waals surface area contributed by atoms with Gasteiger partial charge in [0.25, 0.3) is 0 Å². The van der Waals surface area contributed by atoms with Crippen molar-refractivity contribution in [2.75, 3.05) is 27.3 Å². The molecule has 0 spiro atoms. The van der Waals surface area contributed by atoms with E-state index in [-0.39, 0.29) is 35.7 Å². The zero-order chi connectivity index (χ0) is 41.8. The monoisotopic (exact) mass is 803 g/mol. The number of nitrogens with one attached hydrogen (secondary N) is 4. The van der Waals surface area contributed by atoms with Crippen molar-refractivity contribution >= 4 is 45.9 Å². The Morgan fingerprint density at radius 3 is 2.12 bits per heavy atom. The van der Waals surface area contributed by atoms with Gasteiger partial charge < -0.3 is 39.9 Å². The van der Waals surface area contributed by atoms with Crippen molar-refractivity contribution in [3.63, 3.8) is 0 Å². The Kier molecular flexibility index (Phi) is 12.3. The molecule has 15 heteroatoms. The number of carbonyl (C=O) groups excluding carboxylic acids is 4. The van der Waals surface area contributed by atoms with Gasteiger partial charge in [-0.1, -0.05) is 51.5 Å². The van der Waals surface area contributed by atoms with Gasteiger partial charge in [0.15, 0.2) is 0 Å². The molecule has 7 rings (SSSR count). The summed E-state index contributed by atoms with van der Waals surface area (Å²) < 4.78 is 9.63. The highest BCUT2D eigenvalue weighted by Gasteiger charge is 2.40. The fraction of sp³-hybridized carbons (Fsp3) is 0.432. The molecule has 2 fully saturated rings. The van der Waals surface area contributed by atoms with E-state index in [4.69, 9.17) is 24.4 Å². The van der Waals surface area contributed by atoms with Crippen molar-refractivity contribution in [3.8, 4) is 22.5 Å². The van der Waals surface area contributed by atoms with E-state index in [0.29, 0.717) is 25.3 Å². The van der Waals surface area contributed by atoms with Crippen LogP contribution in [0, 0.1) is 11.8 Å². The number of imidazole rings is 2. The molecular formula is C44H53N9O6. The van der Waals surface area contributed by atoms with Crippen molar-refractivity contribution < 1.29 is 28.7 Å². The van der Waals surface area contributed by atoms with E-state index in [0.717, 1.165) is 82.4 Å². The largest absolute Gasteiger partial charge is 0.453 e. The van der Waals surface area contributed by atoms with Gasteiger partial charge in [-0.15, -0.1) is 6.58 Å². The first-order chi connectivity index (χ1) is 28.6. The third-order valence-electron chi connectivity index (χ3n) is 12.0. The lowest BCUT2D eigenvalue weighted by molar-refractivity contribution is -0.136. The average Bonchev–Trinajstić information content (AvgIpc) is 4.10. The SMILES string of the molecule is C=C[C@H](CC)[C@H](NC(=O)OC)C(=O)N1CCC[C@H]1c1ncc(-c2ccc3nc(-c4ccc5nc([C@@H]6CCCN6C(=O)[C@@H](NC(=O)OC)[C@H](C)CC)[nH]c5c4)ccc3c2)[nH]1. The van der Waals surface area contributed by atoms with Crippen molar-refractivity contribution in [1.82, 2.24) is 45.4 Å². The quantitative estimate of drug-likeness (QED) is 0.0893. The number of aromatic nitrogens is 5. The van der Waals surface area contributed by atoms with Gasteiger partial charge in [-0.3, -0.25) is 9.59 Å². The average molecular weight is 804 g/mol. The lowest BCUT2D eigenvalue weighted by atomic mass is 9.95. The summed E-state index contributed by atoms with van der Waals surface area (Å²) in [5, 5.41) is 6.44. The first-order valence-corrected chi connectivity index (χ1v) is 20.5. The molecule has 2 aliphatic rings. The lowest BCUT2D eigenvalue weighted by Crippen LogP contribution is -2.51. The van der Waals surface area contributed by atoms with Gasteiger partial charge in [0.1, 0.15) is 23.7 Å². The number of hydrogen-bond acceptors (Lipinski definition) is 9. The van der Waals surface area contributed by atoms with Crippen LogP contribution >= 0.6 is 0 Å². The standard InChI is InChI=1S/C44H53N9O6/c1-7-25(4)37(50-43(56)58-5)41(54)53-21-11-13-36(53)40-47-32-19-16-29(23-33(32)48-40)31-17-14-27-22-28(15-18-30(27)46-31)34-24-45-39(49-34)35-12-10-20-52(35)42(55)38(26(8-2)9-3)51-44(57)59-6/h8,14-19,22-26,35-38H,2,7,9-13,20-21H2,1,3-6H3,(H,45,49)(H,47,48)(H,50,56)(H,51,57)/t25-,26-,35+,36+,37+,38+/m1/s1. The Balaban J connectivity index is 1.07. The van der Waals surface area contributed by atoms with Crippen LogP contribution in [0.15, 0.2) is 67.4 Å². The second-order valence-corrected chi connectivity index (χ2v) is 15.4. The van der Waals surface area contributed by atoms with E-state index in [1.807, 2.05) is 62.1 Å². The topological polar surface area (TPSA) is 188 Å². The van der Waals surface area contributed by atoms with E-state index < -0.39 is 24.3 Å². The van der Waals surface area contributed by atoms with Crippen LogP contribution in [0.3, 0.4) is 0 Å². The number of aromatic amines is 2. The molecular weight excluding hydrogens is 751 g/mol. The predicted octanol–water partition coefficient (Wildman–Crippen LogP) is 7.20. The summed E-state index contributed by atoms with van der Waals surface area (Å²) in [5.74, 6) is 0.778. The van der Waals surface area contributed by atoms with Crippen molar-refractivity contribution in [3.05, 3.63) is 79.0 Å². The number of fused-ring (bicyclic) bond motifs is 2. The van der Waals surface area contributed by atoms with E-state index in [2.05, 4.69) is 39.3 Å². The van der Waals surface area contributed by atoms with Crippen molar-refractivity contribution in [2.45, 2.75) is 83.5 Å². The van der Waals surface area contributed by atoms with Gasteiger partial charge in [-0.05, 0) is 68.4 Å². The number of amides is 4. The second kappa shape index (κ2) is 17.7. The van der Waals surface area contributed by atoms with E-state index in [1.54, 1.807) is 17.2 Å². The molecule has 0 unspecified atom stereocenters. The Labute approximate surface area is 343 Å². The highest BCUT2D eigenvalue weighted by atomic mass is 16.5. The highest BCUT2D eigenvalue weighted by Crippen LogP contribution is 2.36. The molecule has 310 valence electrons. The molecule has 5 heterocycles. The van der Waals surface area contributed by atoms with Gasteiger partial charge in [-0.2, -0.15) is 0 Å². The number of hydrogen-bond donors (Lipinski definition) is 4. The van der Waals surface area contributed by atoms with Gasteiger partial charge in [0, 0.05) is 35.5 Å². The zero-order valence-corrected chi connectivity index (χ0v) is 34.3. The van der Waals surface area contributed by atoms with Crippen LogP contribution in [-0.4, -0.2) is 98.1 Å². The van der Waals surface area contributed by atoms with Gasteiger partial charge >= 0.3 is 12.2 Å². The molecule has 5 aromatic rings. The van der Waals surface area contributed by atoms with Gasteiger partial charge in [0.2, 0.25) is 11.8 Å². The van der Waals surface area contributed by atoms with Crippen molar-refractivity contribution in [1.29, 1.82) is 0 Å². The Morgan fingerprint density at radius 1 is 0.814 bits per heavy atom. The van der Waals surface area contributed by atoms with E-state index >= 15 is 0 Å². The minimum atomic E-state index is -0.788. The second-order valence-electron chi connectivity index (χ2n) is 15.4. The minimum Gasteiger partial charge on any atom is -0.453 e. The number of benzene rings is 2. The summed E-state index contributed by atoms with van der Waals surface area (Å²) in [7, 11) is 2.58. The minimum absolute atomic E-state index is 0.0675. The molecule has 4 amide bonds. The molecule has 59 heavy (non-hydrogen) atoms. The molecule has 2 aromatic carbocycles. The maximum absolute atomic E-state index is 13.9. The molecule has 0 radical (unpaired) electrons. The molecule has 15 nitrogen and oxygen atoms in total. The number of pyridine rings is 1. The number of rotatable bonds is 13. The number of H-pyrrole nitrogens is 2. The molecule has 3 aromatic heterocycles. The lowest BCUT2D eigenvalue weighted by Gasteiger charge is -2.31. The molecule has 2 saturated heterocycles. The number of nitrogens with zero attached hydrogens (tertiary/aromatic N) is 5. The maximum atomic E-state index is 13.9. The smallest absolute Gasteiger partial charge is 0.407 e. The first kappa shape index (κ1) is 40.9. The van der Waals surface area contributed by atoms with Crippen molar-refractivity contribution in [2.24, 2.45) is 11.8 Å². The number of ether oxygens (including phenoxy) is 2. The summed E-state index contributed by atoms with van der Waals surface area (Å²) in [6, 6.07) is 14.1.